The molecular weight excluding hydrogens is 332 g/mol. The van der Waals surface area contributed by atoms with E-state index in [1.54, 1.807) is 0 Å². The molecule has 0 radical (unpaired) electrons. The van der Waals surface area contributed by atoms with Gasteiger partial charge < -0.3 is 0 Å². The van der Waals surface area contributed by atoms with E-state index >= 15 is 0 Å². The van der Waals surface area contributed by atoms with Crippen LogP contribution in [0.1, 0.15) is 0 Å². The van der Waals surface area contributed by atoms with Crippen LogP contribution in [0.3, 0.4) is 0 Å². The van der Waals surface area contributed by atoms with Gasteiger partial charge in [0.25, 0.3) is 0 Å². The Balaban J connectivity index is 0. The van der Waals surface area contributed by atoms with E-state index in [1.807, 2.05) is 0 Å². The van der Waals surface area contributed by atoms with Crippen LogP contribution in [-0.4, -0.2) is 0 Å². The lowest BCUT2D eigenvalue weighted by atomic mass is 9.99. The fourth-order valence-corrected chi connectivity index (χ4v) is 1.02. The summed E-state index contributed by atoms with van der Waals surface area (Å²) in [5, 5.41) is 84.0. The predicted octanol–water partition coefficient (Wildman–Crippen LogP) is 1.10. The summed E-state index contributed by atoms with van der Waals surface area (Å²) >= 11 is 0. The molecule has 114 valence electrons. The third kappa shape index (κ3) is 5.85. The molecule has 26 heavy (non-hydrogen) atoms. The Morgan fingerprint density at radius 2 is 0.462 bits per heavy atom. The molecule has 0 aliphatic carbocycles. The standard InChI is InChI=1S/C10N6.C6N4/c11-1-7(2-12)9(5-15)10(6-16)8(3-13)4-14;7-1-5(2-8)6(3-9)4-10. The molecule has 0 rings (SSSR count). The lowest BCUT2D eigenvalue weighted by molar-refractivity contribution is 1.36. The average molecular weight is 332 g/mol. The van der Waals surface area contributed by atoms with Crippen molar-refractivity contribution in [1.82, 2.24) is 0 Å². The van der Waals surface area contributed by atoms with Gasteiger partial charge in [0, 0.05) is 0 Å². The minimum Gasteiger partial charge on any atom is -0.192 e. The molecule has 0 aromatic carbocycles. The first-order chi connectivity index (χ1) is 12.5. The van der Waals surface area contributed by atoms with E-state index in [2.05, 4.69) is 0 Å². The van der Waals surface area contributed by atoms with Gasteiger partial charge in [0.05, 0.1) is 0 Å². The van der Waals surface area contributed by atoms with Gasteiger partial charge in [0.2, 0.25) is 0 Å². The number of allylic oxidation sites excluding steroid dienone is 6. The summed E-state index contributed by atoms with van der Waals surface area (Å²) < 4.78 is 0. The lowest BCUT2D eigenvalue weighted by Crippen LogP contribution is -1.93. The molecule has 0 bridgehead atoms. The van der Waals surface area contributed by atoms with E-state index in [9.17, 15) is 0 Å². The van der Waals surface area contributed by atoms with Crippen LogP contribution in [0.2, 0.25) is 0 Å². The molecule has 0 unspecified atom stereocenters. The van der Waals surface area contributed by atoms with Crippen LogP contribution in [-0.2, 0) is 0 Å². The summed E-state index contributed by atoms with van der Waals surface area (Å²) in [5.74, 6) is 0. The quantitative estimate of drug-likeness (QED) is 0.488. The summed E-state index contributed by atoms with van der Waals surface area (Å²) in [6.07, 6.45) is 0. The lowest BCUT2D eigenvalue weighted by Gasteiger charge is -1.94. The summed E-state index contributed by atoms with van der Waals surface area (Å²) in [6.45, 7) is 0. The van der Waals surface area contributed by atoms with Crippen LogP contribution in [0.4, 0.5) is 0 Å². The Kier molecular flexibility index (Phi) is 11.1. The molecule has 10 nitrogen and oxygen atoms in total. The fraction of sp³-hybridized carbons (Fsp3) is 0. The molecule has 0 saturated carbocycles. The van der Waals surface area contributed by atoms with Gasteiger partial charge in [-0.3, -0.25) is 0 Å². The highest BCUT2D eigenvalue weighted by Gasteiger charge is 2.16. The molecule has 0 aromatic rings. The molecule has 0 saturated heterocycles. The zero-order chi connectivity index (χ0) is 20.5. The molecule has 0 aliphatic heterocycles. The number of nitrogens with zero attached hydrogens (tertiary/aromatic N) is 10. The fourth-order valence-electron chi connectivity index (χ4n) is 1.02. The van der Waals surface area contributed by atoms with Gasteiger partial charge in [-0.05, 0) is 0 Å². The van der Waals surface area contributed by atoms with Gasteiger partial charge in [0.1, 0.15) is 83.0 Å². The van der Waals surface area contributed by atoms with E-state index in [4.69, 9.17) is 52.6 Å². The van der Waals surface area contributed by atoms with Gasteiger partial charge in [0.15, 0.2) is 11.1 Å². The average Bonchev–Trinajstić information content (AvgIpc) is 2.69. The van der Waals surface area contributed by atoms with Crippen molar-refractivity contribution in [3.63, 3.8) is 0 Å². The Hall–Kier alpha value is -5.88. The van der Waals surface area contributed by atoms with Gasteiger partial charge in [-0.1, -0.05) is 0 Å². The highest BCUT2D eigenvalue weighted by atomic mass is 14.4. The van der Waals surface area contributed by atoms with Crippen molar-refractivity contribution in [2.24, 2.45) is 0 Å². The van der Waals surface area contributed by atoms with Crippen LogP contribution >= 0.6 is 0 Å². The van der Waals surface area contributed by atoms with Crippen LogP contribution in [0.5, 0.6) is 0 Å². The summed E-state index contributed by atoms with van der Waals surface area (Å²) in [7, 11) is 0. The summed E-state index contributed by atoms with van der Waals surface area (Å²) in [5.41, 5.74) is -3.23. The molecule has 0 fully saturated rings. The van der Waals surface area contributed by atoms with Crippen molar-refractivity contribution in [1.29, 1.82) is 52.6 Å². The van der Waals surface area contributed by atoms with Gasteiger partial charge >= 0.3 is 0 Å². The second-order valence-corrected chi connectivity index (χ2v) is 3.37. The third-order valence-corrected chi connectivity index (χ3v) is 2.12. The summed E-state index contributed by atoms with van der Waals surface area (Å²) in [6, 6.07) is 14.3. The zero-order valence-corrected chi connectivity index (χ0v) is 12.5. The highest BCUT2D eigenvalue weighted by molar-refractivity contribution is 5.65. The smallest absolute Gasteiger partial charge is 0.158 e. The molecule has 0 atom stereocenters. The third-order valence-electron chi connectivity index (χ3n) is 2.12. The second-order valence-electron chi connectivity index (χ2n) is 3.37. The predicted molar refractivity (Wildman–Crippen MR) is 77.2 cm³/mol. The van der Waals surface area contributed by atoms with Crippen molar-refractivity contribution in [2.45, 2.75) is 0 Å². The molecule has 0 N–H and O–H groups in total. The van der Waals surface area contributed by atoms with Crippen molar-refractivity contribution < 1.29 is 0 Å². The van der Waals surface area contributed by atoms with Crippen LogP contribution < -0.4 is 0 Å². The molecule has 0 aliphatic rings. The number of hydrogen-bond acceptors (Lipinski definition) is 10. The normalized spacial score (nSPS) is 6.08. The number of rotatable bonds is 1. The Morgan fingerprint density at radius 1 is 0.269 bits per heavy atom. The van der Waals surface area contributed by atoms with E-state index in [0.29, 0.717) is 0 Å². The SMILES string of the molecule is N#CC(C#N)=C(C#N)C#N.N#CC(C#N)=C(C#N)C(C#N)=C(C#N)C#N. The number of hydrogen-bond donors (Lipinski definition) is 0. The highest BCUT2D eigenvalue weighted by Crippen LogP contribution is 2.16. The van der Waals surface area contributed by atoms with Crippen LogP contribution in [0.15, 0.2) is 33.4 Å². The maximum Gasteiger partial charge on any atom is 0.158 e. The van der Waals surface area contributed by atoms with Crippen LogP contribution in [0.25, 0.3) is 0 Å². The topological polar surface area (TPSA) is 238 Å². The van der Waals surface area contributed by atoms with Gasteiger partial charge in [-0.2, -0.15) is 52.6 Å². The number of nitriles is 10. The first-order valence-corrected chi connectivity index (χ1v) is 5.74. The second kappa shape index (κ2) is 12.8. The van der Waals surface area contributed by atoms with Gasteiger partial charge in [-0.25, -0.2) is 0 Å². The van der Waals surface area contributed by atoms with Gasteiger partial charge in [-0.15, -0.1) is 0 Å². The van der Waals surface area contributed by atoms with Crippen molar-refractivity contribution >= 4 is 0 Å². The van der Waals surface area contributed by atoms with E-state index in [1.165, 1.54) is 60.7 Å². The monoisotopic (exact) mass is 332 g/mol. The van der Waals surface area contributed by atoms with E-state index < -0.39 is 33.4 Å². The largest absolute Gasteiger partial charge is 0.192 e. The molecule has 0 amide bonds. The maximum absolute atomic E-state index is 8.69. The molecular formula is C16N10. The Bertz CT molecular complexity index is 966. The minimum atomic E-state index is -0.609. The van der Waals surface area contributed by atoms with Crippen LogP contribution in [0, 0.1) is 113 Å². The summed E-state index contributed by atoms with van der Waals surface area (Å²) in [4.78, 5) is 0. The van der Waals surface area contributed by atoms with E-state index in [0.717, 1.165) is 0 Å². The molecule has 0 aromatic heterocycles. The zero-order valence-electron chi connectivity index (χ0n) is 12.5. The maximum atomic E-state index is 8.69. The van der Waals surface area contributed by atoms with E-state index in [-0.39, 0.29) is 0 Å². The minimum absolute atomic E-state index is 0.440. The Labute approximate surface area is 147 Å². The molecule has 10 heteroatoms. The molecule has 0 spiro atoms. The van der Waals surface area contributed by atoms with Crippen molar-refractivity contribution in [2.75, 3.05) is 0 Å². The van der Waals surface area contributed by atoms with Crippen molar-refractivity contribution in [3.05, 3.63) is 33.4 Å². The first kappa shape index (κ1) is 22.4. The Morgan fingerprint density at radius 3 is 0.577 bits per heavy atom. The first-order valence-electron chi connectivity index (χ1n) is 5.74. The van der Waals surface area contributed by atoms with Crippen molar-refractivity contribution in [3.8, 4) is 60.7 Å². The molecule has 0 heterocycles.